The van der Waals surface area contributed by atoms with Crippen LogP contribution in [0.3, 0.4) is 0 Å². The van der Waals surface area contributed by atoms with Gasteiger partial charge in [-0.05, 0) is 52.8 Å². The lowest BCUT2D eigenvalue weighted by Crippen LogP contribution is -2.32. The van der Waals surface area contributed by atoms with Gasteiger partial charge in [0.25, 0.3) is 0 Å². The van der Waals surface area contributed by atoms with E-state index >= 15 is 0 Å². The Morgan fingerprint density at radius 1 is 1.50 bits per heavy atom. The van der Waals surface area contributed by atoms with Crippen LogP contribution in [-0.2, 0) is 10.7 Å². The summed E-state index contributed by atoms with van der Waals surface area (Å²) in [6.45, 7) is 2.37. The molecule has 0 spiro atoms. The minimum atomic E-state index is -1.55. The quantitative estimate of drug-likeness (QED) is 0.272. The molecule has 12 heteroatoms. The number of anilines is 1. The molecule has 1 aliphatic carbocycles. The van der Waals surface area contributed by atoms with E-state index in [-0.39, 0.29) is 23.8 Å². The predicted octanol–water partition coefficient (Wildman–Crippen LogP) is 3.31. The number of carbonyl (C=O) groups excluding carboxylic acids is 1. The number of nitrogens with one attached hydrogen (secondary N) is 1. The Morgan fingerprint density at radius 3 is 3.06 bits per heavy atom. The first-order valence-electron chi connectivity index (χ1n) is 10.6. The topological polar surface area (TPSA) is 128 Å². The Balaban J connectivity index is 1.46. The van der Waals surface area contributed by atoms with Gasteiger partial charge in [-0.25, -0.2) is 14.4 Å². The third-order valence-electron chi connectivity index (χ3n) is 5.66. The second-order valence-corrected chi connectivity index (χ2v) is 10.1. The van der Waals surface area contributed by atoms with Gasteiger partial charge >= 0.3 is 0 Å². The molecule has 9 nitrogen and oxygen atoms in total. The molecule has 2 unspecified atom stereocenters. The van der Waals surface area contributed by atoms with Gasteiger partial charge in [-0.1, -0.05) is 0 Å². The molecule has 0 aliphatic heterocycles. The number of alkyl halides is 1. The molecule has 3 aromatic heterocycles. The molecule has 5 atom stereocenters. The maximum absolute atomic E-state index is 14.8. The molecular formula is C22H25BrFN5O4S. The number of nitrogens with two attached hydrogens (primary N) is 1. The van der Waals surface area contributed by atoms with E-state index in [4.69, 9.17) is 13.7 Å². The standard InChI is InChI=1S/C22H25BrFN5O4S/c1-2-34(25)32-11-14-7-17(19(24)21(14)31)28-22-16(8-26-12-27-22)20(30)13-5-6-29(9-13)10-15-3-4-18(23)33-15/h2-6,8-9,12,14,17,19,21,31H,7,10-11,25H2,1H3,(H,26,27,28)/t14-,17?,19-,21-,34?/m1/s1. The smallest absolute Gasteiger partial charge is 0.199 e. The van der Waals surface area contributed by atoms with Crippen molar-refractivity contribution in [1.29, 1.82) is 0 Å². The molecule has 4 N–H and O–H groups in total. The highest BCUT2D eigenvalue weighted by molar-refractivity contribution is 9.10. The van der Waals surface area contributed by atoms with E-state index in [2.05, 4.69) is 31.2 Å². The fraction of sp³-hybridized carbons (Fsp3) is 0.364. The Hall–Kier alpha value is -2.38. The minimum Gasteiger partial charge on any atom is -0.452 e. The average molecular weight is 554 g/mol. The second-order valence-electron chi connectivity index (χ2n) is 7.92. The van der Waals surface area contributed by atoms with E-state index in [9.17, 15) is 14.3 Å². The van der Waals surface area contributed by atoms with Crippen molar-refractivity contribution in [2.24, 2.45) is 11.1 Å². The van der Waals surface area contributed by atoms with Crippen LogP contribution >= 0.6 is 26.9 Å². The van der Waals surface area contributed by atoms with Crippen LogP contribution in [0.4, 0.5) is 10.2 Å². The number of hydrogen-bond acceptors (Lipinski definition) is 8. The van der Waals surface area contributed by atoms with Gasteiger partial charge in [-0.15, -0.1) is 0 Å². The Bertz CT molecular complexity index is 1190. The molecule has 34 heavy (non-hydrogen) atoms. The summed E-state index contributed by atoms with van der Waals surface area (Å²) < 4.78 is 28.3. The van der Waals surface area contributed by atoms with Crippen molar-refractivity contribution in [3.8, 4) is 0 Å². The number of aliphatic hydroxyl groups excluding tert-OH is 1. The minimum absolute atomic E-state index is 0.138. The first kappa shape index (κ1) is 24.7. The van der Waals surface area contributed by atoms with Crippen LogP contribution < -0.4 is 10.5 Å². The van der Waals surface area contributed by atoms with Crippen LogP contribution in [0.1, 0.15) is 35.0 Å². The summed E-state index contributed by atoms with van der Waals surface area (Å²) in [5.41, 5.74) is 0.648. The molecule has 1 saturated carbocycles. The maximum atomic E-state index is 14.8. The highest BCUT2D eigenvalue weighted by Crippen LogP contribution is 2.33. The van der Waals surface area contributed by atoms with Crippen LogP contribution in [0, 0.1) is 5.92 Å². The number of ketones is 1. The van der Waals surface area contributed by atoms with Crippen molar-refractivity contribution in [2.75, 3.05) is 11.9 Å². The van der Waals surface area contributed by atoms with E-state index in [1.165, 1.54) is 12.5 Å². The summed E-state index contributed by atoms with van der Waals surface area (Å²) in [5.74, 6) is 0.215. The van der Waals surface area contributed by atoms with Crippen molar-refractivity contribution in [2.45, 2.75) is 38.2 Å². The van der Waals surface area contributed by atoms with Crippen molar-refractivity contribution >= 4 is 43.8 Å². The fourth-order valence-electron chi connectivity index (χ4n) is 3.86. The zero-order chi connectivity index (χ0) is 24.2. The van der Waals surface area contributed by atoms with E-state index in [0.29, 0.717) is 23.2 Å². The van der Waals surface area contributed by atoms with Crippen molar-refractivity contribution in [3.63, 3.8) is 0 Å². The van der Waals surface area contributed by atoms with Gasteiger partial charge in [0, 0.05) is 41.0 Å². The number of nitrogens with zero attached hydrogens (tertiary/aromatic N) is 3. The first-order chi connectivity index (χ1) is 16.4. The van der Waals surface area contributed by atoms with Gasteiger partial charge in [-0.3, -0.25) is 9.93 Å². The molecule has 1 fully saturated rings. The molecule has 0 bridgehead atoms. The Morgan fingerprint density at radius 2 is 2.32 bits per heavy atom. The molecule has 4 rings (SSSR count). The van der Waals surface area contributed by atoms with Crippen LogP contribution in [0.25, 0.3) is 0 Å². The first-order valence-corrected chi connectivity index (χ1v) is 12.7. The van der Waals surface area contributed by atoms with E-state index in [1.54, 1.807) is 36.8 Å². The zero-order valence-corrected chi connectivity index (χ0v) is 20.7. The van der Waals surface area contributed by atoms with Gasteiger partial charge in [0.05, 0.1) is 30.9 Å². The van der Waals surface area contributed by atoms with Crippen molar-refractivity contribution in [1.82, 2.24) is 14.5 Å². The normalized spacial score (nSPS) is 23.3. The van der Waals surface area contributed by atoms with Crippen molar-refractivity contribution < 1.29 is 22.9 Å². The lowest BCUT2D eigenvalue weighted by Gasteiger charge is -2.18. The summed E-state index contributed by atoms with van der Waals surface area (Å²) in [5, 5.41) is 20.7. The Kier molecular flexibility index (Phi) is 7.94. The number of rotatable bonds is 9. The largest absolute Gasteiger partial charge is 0.452 e. The van der Waals surface area contributed by atoms with Crippen LogP contribution in [0.2, 0.25) is 0 Å². The zero-order valence-electron chi connectivity index (χ0n) is 18.3. The number of hydrogen-bond donors (Lipinski definition) is 3. The highest BCUT2D eigenvalue weighted by atomic mass is 79.9. The molecule has 1 aliphatic rings. The number of aliphatic hydroxyl groups is 1. The van der Waals surface area contributed by atoms with Gasteiger partial charge in [0.15, 0.2) is 10.5 Å². The van der Waals surface area contributed by atoms with E-state index < -0.39 is 35.2 Å². The molecule has 3 aromatic rings. The number of aromatic nitrogens is 3. The van der Waals surface area contributed by atoms with Gasteiger partial charge < -0.3 is 23.6 Å². The lowest BCUT2D eigenvalue weighted by atomic mass is 10.1. The average Bonchev–Trinajstić information content (AvgIpc) is 3.54. The summed E-state index contributed by atoms with van der Waals surface area (Å²) in [4.78, 5) is 21.3. The number of halogens is 2. The monoisotopic (exact) mass is 553 g/mol. The third-order valence-corrected chi connectivity index (χ3v) is 6.96. The Labute approximate surface area is 206 Å². The summed E-state index contributed by atoms with van der Waals surface area (Å²) in [7, 11) is -0.844. The predicted molar refractivity (Wildman–Crippen MR) is 131 cm³/mol. The maximum Gasteiger partial charge on any atom is 0.199 e. The van der Waals surface area contributed by atoms with Crippen LogP contribution in [0.15, 0.2) is 52.2 Å². The van der Waals surface area contributed by atoms with Gasteiger partial charge in [0.2, 0.25) is 0 Å². The molecule has 0 amide bonds. The third kappa shape index (κ3) is 5.63. The number of carbonyl (C=O) groups is 1. The van der Waals surface area contributed by atoms with E-state index in [1.807, 2.05) is 10.6 Å². The summed E-state index contributed by atoms with van der Waals surface area (Å²) in [6, 6.07) is 4.60. The molecular weight excluding hydrogens is 529 g/mol. The van der Waals surface area contributed by atoms with Gasteiger partial charge in [0.1, 0.15) is 24.1 Å². The molecule has 0 saturated heterocycles. The molecule has 3 heterocycles. The number of furan rings is 1. The second kappa shape index (κ2) is 10.9. The van der Waals surface area contributed by atoms with Crippen LogP contribution in [0.5, 0.6) is 0 Å². The molecule has 0 aromatic carbocycles. The summed E-state index contributed by atoms with van der Waals surface area (Å²) in [6.07, 6.45) is 3.71. The lowest BCUT2D eigenvalue weighted by molar-refractivity contribution is 0.0521. The van der Waals surface area contributed by atoms with Crippen molar-refractivity contribution in [3.05, 3.63) is 64.7 Å². The SMILES string of the molecule is C/C=S(\N)OC[C@H]1CC(Nc2ncncc2C(=O)c2ccn(Cc3ccc(Br)o3)c2)[C@@H](F)[C@@H]1O. The van der Waals surface area contributed by atoms with Crippen LogP contribution in [-0.4, -0.2) is 55.7 Å². The fourth-order valence-corrected chi connectivity index (χ4v) is 4.67. The highest BCUT2D eigenvalue weighted by Gasteiger charge is 2.43. The summed E-state index contributed by atoms with van der Waals surface area (Å²) >= 11 is 3.27. The van der Waals surface area contributed by atoms with E-state index in [0.717, 1.165) is 5.76 Å². The molecule has 0 radical (unpaired) electrons. The van der Waals surface area contributed by atoms with Gasteiger partial charge in [-0.2, -0.15) is 0 Å². The molecule has 182 valence electrons.